The molecule has 0 spiro atoms. The highest BCUT2D eigenvalue weighted by Crippen LogP contribution is 2.15. The molecule has 21 heavy (non-hydrogen) atoms. The number of hydrogen-bond acceptors (Lipinski definition) is 2. The molecule has 0 aliphatic carbocycles. The third-order valence-electron chi connectivity index (χ3n) is 3.90. The minimum absolute atomic E-state index is 0.0687. The van der Waals surface area contributed by atoms with Gasteiger partial charge in [-0.05, 0) is 38.1 Å². The second-order valence-electron chi connectivity index (χ2n) is 5.24. The number of nitrogens with one attached hydrogen (secondary N) is 2. The van der Waals surface area contributed by atoms with Gasteiger partial charge in [0.2, 0.25) is 0 Å². The van der Waals surface area contributed by atoms with Crippen LogP contribution < -0.4 is 5.32 Å². The molecule has 3 rings (SSSR count). The minimum atomic E-state index is -0.0687. The Morgan fingerprint density at radius 2 is 2.14 bits per heavy atom. The molecule has 0 aliphatic rings. The fourth-order valence-corrected chi connectivity index (χ4v) is 2.54. The Morgan fingerprint density at radius 3 is 2.86 bits per heavy atom. The maximum absolute atomic E-state index is 12.3. The highest BCUT2D eigenvalue weighted by Gasteiger charge is 2.12. The molecule has 1 aromatic carbocycles. The molecule has 2 aromatic heterocycles. The van der Waals surface area contributed by atoms with Crippen molar-refractivity contribution in [2.45, 2.75) is 20.4 Å². The van der Waals surface area contributed by atoms with Gasteiger partial charge >= 0.3 is 0 Å². The van der Waals surface area contributed by atoms with Crippen LogP contribution in [-0.4, -0.2) is 20.7 Å². The maximum Gasteiger partial charge on any atom is 0.251 e. The van der Waals surface area contributed by atoms with E-state index in [0.29, 0.717) is 12.1 Å². The number of fused-ring (bicyclic) bond motifs is 1. The van der Waals surface area contributed by atoms with E-state index < -0.39 is 0 Å². The van der Waals surface area contributed by atoms with E-state index in [9.17, 15) is 4.79 Å². The Kier molecular flexibility index (Phi) is 3.25. The summed E-state index contributed by atoms with van der Waals surface area (Å²) in [4.78, 5) is 15.4. The zero-order valence-electron chi connectivity index (χ0n) is 12.4. The van der Waals surface area contributed by atoms with Gasteiger partial charge in [-0.1, -0.05) is 0 Å². The van der Waals surface area contributed by atoms with E-state index in [1.165, 1.54) is 0 Å². The topological polar surface area (TPSA) is 62.7 Å². The van der Waals surface area contributed by atoms with Crippen LogP contribution in [0.25, 0.3) is 10.9 Å². The quantitative estimate of drug-likeness (QED) is 0.775. The largest absolute Gasteiger partial charge is 0.361 e. The molecule has 5 nitrogen and oxygen atoms in total. The Hall–Kier alpha value is -2.56. The molecule has 2 N–H and O–H groups in total. The number of rotatable bonds is 3. The van der Waals surface area contributed by atoms with Crippen LogP contribution in [0.1, 0.15) is 27.3 Å². The number of carbonyl (C=O) groups is 1. The van der Waals surface area contributed by atoms with E-state index in [1.54, 1.807) is 0 Å². The summed E-state index contributed by atoms with van der Waals surface area (Å²) in [6, 6.07) is 7.60. The lowest BCUT2D eigenvalue weighted by molar-refractivity contribution is 0.0951. The standard InChI is InChI=1S/C16H18N4O/c1-10-14(11(2)20(3)19-10)9-18-16(21)13-4-5-15-12(8-13)6-7-17-15/h4-8,17H,9H2,1-3H3,(H,18,21). The van der Waals surface area contributed by atoms with Crippen molar-refractivity contribution in [2.24, 2.45) is 7.05 Å². The molecular weight excluding hydrogens is 264 g/mol. The van der Waals surface area contributed by atoms with Gasteiger partial charge in [0.05, 0.1) is 5.69 Å². The number of hydrogen-bond donors (Lipinski definition) is 2. The second-order valence-corrected chi connectivity index (χ2v) is 5.24. The van der Waals surface area contributed by atoms with E-state index in [4.69, 9.17) is 0 Å². The first-order valence-corrected chi connectivity index (χ1v) is 6.90. The number of aromatic nitrogens is 3. The van der Waals surface area contributed by atoms with Crippen molar-refractivity contribution >= 4 is 16.8 Å². The summed E-state index contributed by atoms with van der Waals surface area (Å²) in [7, 11) is 1.91. The molecular formula is C16H18N4O. The predicted octanol–water partition coefficient (Wildman–Crippen LogP) is 2.45. The lowest BCUT2D eigenvalue weighted by Crippen LogP contribution is -2.23. The van der Waals surface area contributed by atoms with Gasteiger partial charge in [-0.2, -0.15) is 5.10 Å². The molecule has 2 heterocycles. The SMILES string of the molecule is Cc1nn(C)c(C)c1CNC(=O)c1ccc2[nH]ccc2c1. The highest BCUT2D eigenvalue weighted by atomic mass is 16.1. The number of benzene rings is 1. The maximum atomic E-state index is 12.3. The number of amides is 1. The summed E-state index contributed by atoms with van der Waals surface area (Å²) in [5, 5.41) is 8.36. The van der Waals surface area contributed by atoms with Crippen LogP contribution in [0.2, 0.25) is 0 Å². The van der Waals surface area contributed by atoms with Gasteiger partial charge in [-0.15, -0.1) is 0 Å². The van der Waals surface area contributed by atoms with Gasteiger partial charge in [0.25, 0.3) is 5.91 Å². The Balaban J connectivity index is 1.76. The number of aromatic amines is 1. The van der Waals surface area contributed by atoms with Crippen molar-refractivity contribution < 1.29 is 4.79 Å². The highest BCUT2D eigenvalue weighted by molar-refractivity contribution is 5.98. The molecule has 3 aromatic rings. The van der Waals surface area contributed by atoms with Crippen molar-refractivity contribution in [3.63, 3.8) is 0 Å². The number of aryl methyl sites for hydroxylation is 2. The van der Waals surface area contributed by atoms with Gasteiger partial charge in [0.15, 0.2) is 0 Å². The first-order chi connectivity index (χ1) is 10.1. The molecule has 1 amide bonds. The summed E-state index contributed by atoms with van der Waals surface area (Å²) in [6.07, 6.45) is 1.87. The van der Waals surface area contributed by atoms with Gasteiger partial charge in [-0.3, -0.25) is 9.48 Å². The van der Waals surface area contributed by atoms with E-state index in [2.05, 4.69) is 15.4 Å². The number of nitrogens with zero attached hydrogens (tertiary/aromatic N) is 2. The molecule has 5 heteroatoms. The smallest absolute Gasteiger partial charge is 0.251 e. The molecule has 0 fully saturated rings. The summed E-state index contributed by atoms with van der Waals surface area (Å²) in [5.41, 5.74) is 4.81. The van der Waals surface area contributed by atoms with E-state index in [-0.39, 0.29) is 5.91 Å². The van der Waals surface area contributed by atoms with E-state index in [1.807, 2.05) is 56.0 Å². The van der Waals surface area contributed by atoms with Crippen LogP contribution in [0, 0.1) is 13.8 Å². The summed E-state index contributed by atoms with van der Waals surface area (Å²) in [6.45, 7) is 4.46. The number of H-pyrrole nitrogens is 1. The van der Waals surface area contributed by atoms with Crippen LogP contribution in [0.15, 0.2) is 30.5 Å². The first kappa shape index (κ1) is 13.4. The minimum Gasteiger partial charge on any atom is -0.361 e. The number of carbonyl (C=O) groups excluding carboxylic acids is 1. The Labute approximate surface area is 123 Å². The lowest BCUT2D eigenvalue weighted by Gasteiger charge is -2.06. The molecule has 108 valence electrons. The van der Waals surface area contributed by atoms with Gasteiger partial charge < -0.3 is 10.3 Å². The second kappa shape index (κ2) is 5.09. The molecule has 0 saturated carbocycles. The molecule has 0 radical (unpaired) electrons. The van der Waals surface area contributed by atoms with Crippen LogP contribution in [-0.2, 0) is 13.6 Å². The van der Waals surface area contributed by atoms with Crippen LogP contribution in [0.3, 0.4) is 0 Å². The van der Waals surface area contributed by atoms with E-state index in [0.717, 1.165) is 27.9 Å². The lowest BCUT2D eigenvalue weighted by atomic mass is 10.1. The average molecular weight is 282 g/mol. The zero-order valence-corrected chi connectivity index (χ0v) is 12.4. The van der Waals surface area contributed by atoms with Gasteiger partial charge in [-0.25, -0.2) is 0 Å². The molecule has 0 atom stereocenters. The zero-order chi connectivity index (χ0) is 15.0. The normalized spacial score (nSPS) is 11.0. The predicted molar refractivity (Wildman–Crippen MR) is 82.2 cm³/mol. The van der Waals surface area contributed by atoms with E-state index >= 15 is 0 Å². The van der Waals surface area contributed by atoms with Crippen molar-refractivity contribution in [1.29, 1.82) is 0 Å². The van der Waals surface area contributed by atoms with Gasteiger partial charge in [0.1, 0.15) is 0 Å². The average Bonchev–Trinajstić information content (AvgIpc) is 3.02. The fraction of sp³-hybridized carbons (Fsp3) is 0.250. The molecule has 0 aliphatic heterocycles. The summed E-state index contributed by atoms with van der Waals surface area (Å²) in [5.74, 6) is -0.0687. The van der Waals surface area contributed by atoms with Crippen molar-refractivity contribution in [1.82, 2.24) is 20.1 Å². The van der Waals surface area contributed by atoms with Crippen LogP contribution in [0.5, 0.6) is 0 Å². The molecule has 0 bridgehead atoms. The van der Waals surface area contributed by atoms with Crippen molar-refractivity contribution in [2.75, 3.05) is 0 Å². The fourth-order valence-electron chi connectivity index (χ4n) is 2.54. The Morgan fingerprint density at radius 1 is 1.33 bits per heavy atom. The monoisotopic (exact) mass is 282 g/mol. The summed E-state index contributed by atoms with van der Waals surface area (Å²) < 4.78 is 1.84. The van der Waals surface area contributed by atoms with Crippen molar-refractivity contribution in [3.8, 4) is 0 Å². The van der Waals surface area contributed by atoms with Gasteiger partial charge in [0, 0.05) is 47.5 Å². The molecule has 0 saturated heterocycles. The van der Waals surface area contributed by atoms with Crippen LogP contribution in [0.4, 0.5) is 0 Å². The third kappa shape index (κ3) is 2.42. The molecule has 0 unspecified atom stereocenters. The summed E-state index contributed by atoms with van der Waals surface area (Å²) >= 11 is 0. The first-order valence-electron chi connectivity index (χ1n) is 6.90. The Bertz CT molecular complexity index is 813. The van der Waals surface area contributed by atoms with Crippen LogP contribution >= 0.6 is 0 Å². The third-order valence-corrected chi connectivity index (χ3v) is 3.90. The van der Waals surface area contributed by atoms with Crippen molar-refractivity contribution in [3.05, 3.63) is 53.0 Å².